The van der Waals surface area contributed by atoms with Crippen LogP contribution in [0.5, 0.6) is 23.0 Å². The topological polar surface area (TPSA) is 361 Å². The lowest BCUT2D eigenvalue weighted by atomic mass is 10.1. The number of carbonyl (C=O) groups excluding carboxylic acids is 5. The van der Waals surface area contributed by atoms with Gasteiger partial charge in [0.05, 0.1) is 6.61 Å². The molecule has 25 heteroatoms. The predicted octanol–water partition coefficient (Wildman–Crippen LogP) is 7.09. The number of rotatable bonds is 26. The summed E-state index contributed by atoms with van der Waals surface area (Å²) < 4.78 is 25.8. The Labute approximate surface area is 556 Å². The molecule has 0 bridgehead atoms. The van der Waals surface area contributed by atoms with Gasteiger partial charge >= 0.3 is 0 Å². The van der Waals surface area contributed by atoms with Crippen molar-refractivity contribution in [3.05, 3.63) is 160 Å². The lowest BCUT2D eigenvalue weighted by Gasteiger charge is -2.07. The van der Waals surface area contributed by atoms with Gasteiger partial charge in [0.15, 0.2) is 0 Å². The maximum absolute atomic E-state index is 11.4. The van der Waals surface area contributed by atoms with Crippen LogP contribution < -0.4 is 26.6 Å². The summed E-state index contributed by atoms with van der Waals surface area (Å²) in [5.74, 6) is 0.285. The van der Waals surface area contributed by atoms with Crippen LogP contribution in [-0.4, -0.2) is 181 Å². The fourth-order valence-electron chi connectivity index (χ4n) is 10.8. The number of hydrogen-bond donors (Lipinski definition) is 14. The molecular formula is C71H90N10O15. The molecule has 0 atom stereocenters. The summed E-state index contributed by atoms with van der Waals surface area (Å²) >= 11 is 0. The fraction of sp³-hybridized carbons (Fsp3) is 0.338. The average molecular weight is 1320 g/mol. The van der Waals surface area contributed by atoms with E-state index in [9.17, 15) is 44.4 Å². The number of H-pyrrole nitrogens is 4. The number of carbonyl (C=O) groups is 5. The van der Waals surface area contributed by atoms with Crippen LogP contribution in [0.1, 0.15) is 50.5 Å². The molecule has 0 radical (unpaired) electrons. The summed E-state index contributed by atoms with van der Waals surface area (Å²) in [5, 5.41) is 66.3. The monoisotopic (exact) mass is 1320 g/mol. The Morgan fingerprint density at radius 3 is 1.31 bits per heavy atom. The van der Waals surface area contributed by atoms with Crippen molar-refractivity contribution in [1.29, 1.82) is 0 Å². The molecule has 5 heterocycles. The molecule has 0 aliphatic heterocycles. The molecule has 10 aromatic rings. The van der Waals surface area contributed by atoms with Crippen LogP contribution in [0.3, 0.4) is 0 Å². The molecule has 0 saturated carbocycles. The third-order valence-electron chi connectivity index (χ3n) is 15.6. The first kappa shape index (κ1) is 74.9. The molecule has 5 aromatic carbocycles. The smallest absolute Gasteiger partial charge is 0.246 e. The maximum atomic E-state index is 11.4. The van der Waals surface area contributed by atoms with Crippen LogP contribution in [0.4, 0.5) is 0 Å². The van der Waals surface area contributed by atoms with Gasteiger partial charge in [0.25, 0.3) is 0 Å². The predicted molar refractivity (Wildman–Crippen MR) is 371 cm³/mol. The number of fused-ring (bicyclic) bond motifs is 5. The van der Waals surface area contributed by atoms with Gasteiger partial charge in [-0.25, -0.2) is 0 Å². The molecule has 5 aromatic heterocycles. The third kappa shape index (κ3) is 21.7. The molecule has 0 saturated heterocycles. The maximum Gasteiger partial charge on any atom is 0.246 e. The van der Waals surface area contributed by atoms with E-state index in [-0.39, 0.29) is 92.2 Å². The van der Waals surface area contributed by atoms with E-state index in [1.54, 1.807) is 54.6 Å². The quantitative estimate of drug-likeness (QED) is 0.0257. The number of methoxy groups -OCH3 is 5. The summed E-state index contributed by atoms with van der Waals surface area (Å²) in [6.45, 7) is 12.9. The highest BCUT2D eigenvalue weighted by atomic mass is 16.5. The van der Waals surface area contributed by atoms with Crippen LogP contribution in [-0.2, 0) is 87.0 Å². The number of nitrogens with zero attached hydrogens (tertiary/aromatic N) is 1. The highest BCUT2D eigenvalue weighted by Crippen LogP contribution is 2.31. The Morgan fingerprint density at radius 2 is 0.844 bits per heavy atom. The highest BCUT2D eigenvalue weighted by Gasteiger charge is 2.16. The lowest BCUT2D eigenvalue weighted by molar-refractivity contribution is -0.125. The van der Waals surface area contributed by atoms with Crippen molar-refractivity contribution >= 4 is 89.6 Å². The number of aromatic amines is 4. The van der Waals surface area contributed by atoms with Crippen LogP contribution >= 0.6 is 0 Å². The number of aliphatic hydroxyl groups is 1. The first-order valence-corrected chi connectivity index (χ1v) is 31.0. The van der Waals surface area contributed by atoms with Crippen molar-refractivity contribution < 1.29 is 73.2 Å². The molecular weight excluding hydrogens is 1230 g/mol. The minimum absolute atomic E-state index is 0.0297. The molecule has 5 amide bonds. The zero-order chi connectivity index (χ0) is 69.8. The van der Waals surface area contributed by atoms with Crippen LogP contribution in [0.15, 0.2) is 110 Å². The minimum Gasteiger partial charge on any atom is -0.508 e. The molecule has 0 unspecified atom stereocenters. The first-order chi connectivity index (χ1) is 46.1. The molecule has 25 nitrogen and oxygen atoms in total. The Bertz CT molecular complexity index is 4130. The van der Waals surface area contributed by atoms with Gasteiger partial charge in [-0.15, -0.1) is 0 Å². The Balaban J connectivity index is 0.000000190. The Hall–Kier alpha value is -10.2. The number of aliphatic hydroxyl groups excluding tert-OH is 1. The molecule has 0 aliphatic rings. The van der Waals surface area contributed by atoms with Crippen molar-refractivity contribution in [2.45, 2.75) is 53.1 Å². The van der Waals surface area contributed by atoms with Gasteiger partial charge in [-0.1, -0.05) is 12.6 Å². The third-order valence-corrected chi connectivity index (χ3v) is 15.6. The van der Waals surface area contributed by atoms with Gasteiger partial charge < -0.3 is 100 Å². The highest BCUT2D eigenvalue weighted by molar-refractivity contribution is 5.94. The van der Waals surface area contributed by atoms with Gasteiger partial charge in [0.1, 0.15) is 56.0 Å². The number of hydrogen-bond acceptors (Lipinski definition) is 15. The number of aryl methyl sites for hydroxylation is 3. The number of phenols is 4. The van der Waals surface area contributed by atoms with E-state index in [2.05, 4.69) is 57.7 Å². The minimum atomic E-state index is -0.189. The standard InChI is InChI=1S/C15H20N2O3.C14H16N2O3.3C14H18N2O3/c1-10-12(6-7-16-15(19)9-20-3)13-8-11(18)4-5-14(13)17(10)2;1-9(6-16-14(18)8-19-2)12-7-15-13-4-3-10(17)5-11(12)13;2*1-9-11(5-6-15-14(18)8-19-2)12-7-10(17)3-4-13(12)16-9;1-19-9-14(18)15-5-4-11-7-16-13-3-2-10(8-17)6-12(11)13/h4-5,8,18H,6-7,9H2,1-3H3,(H,16,19);3-5,7,15,17H,1,6,8H2,2H3,(H,16,18);2*3-4,7,16-17H,5-6,8H2,1-2H3,(H,15,18);2-3,6-7,16-17H,4-5,8-9H2,1H3,(H,15,18). The molecule has 514 valence electrons. The van der Waals surface area contributed by atoms with Crippen LogP contribution in [0, 0.1) is 20.8 Å². The van der Waals surface area contributed by atoms with Crippen molar-refractivity contribution in [1.82, 2.24) is 51.1 Å². The average Bonchev–Trinajstić information content (AvgIpc) is 1.69. The molecule has 96 heavy (non-hydrogen) atoms. The van der Waals surface area contributed by atoms with Gasteiger partial charge in [-0.05, 0) is 165 Å². The number of benzene rings is 5. The van der Waals surface area contributed by atoms with E-state index in [1.807, 2.05) is 76.6 Å². The molecule has 0 fully saturated rings. The lowest BCUT2D eigenvalue weighted by Crippen LogP contribution is -2.29. The Kier molecular flexibility index (Phi) is 29.4. The van der Waals surface area contributed by atoms with E-state index in [0.717, 1.165) is 123 Å². The molecule has 0 spiro atoms. The second kappa shape index (κ2) is 37.7. The zero-order valence-electron chi connectivity index (χ0n) is 55.9. The van der Waals surface area contributed by atoms with E-state index < -0.39 is 0 Å². The normalized spacial score (nSPS) is 10.8. The summed E-state index contributed by atoms with van der Waals surface area (Å²) in [6.07, 6.45) is 6.64. The second-order valence-electron chi connectivity index (χ2n) is 22.5. The zero-order valence-corrected chi connectivity index (χ0v) is 55.9. The largest absolute Gasteiger partial charge is 0.508 e. The number of ether oxygens (including phenoxy) is 5. The van der Waals surface area contributed by atoms with Crippen molar-refractivity contribution in [2.75, 3.05) is 101 Å². The van der Waals surface area contributed by atoms with Crippen molar-refractivity contribution in [2.24, 2.45) is 7.05 Å². The first-order valence-electron chi connectivity index (χ1n) is 31.0. The van der Waals surface area contributed by atoms with Gasteiger partial charge in [0.2, 0.25) is 29.5 Å². The van der Waals surface area contributed by atoms with Crippen molar-refractivity contribution in [3.8, 4) is 23.0 Å². The summed E-state index contributed by atoms with van der Waals surface area (Å²) in [6, 6.07) is 26.8. The number of nitrogens with one attached hydrogen (secondary N) is 9. The second-order valence-corrected chi connectivity index (χ2v) is 22.5. The van der Waals surface area contributed by atoms with Gasteiger partial charge in [0, 0.05) is 165 Å². The van der Waals surface area contributed by atoms with E-state index >= 15 is 0 Å². The molecule has 0 aliphatic carbocycles. The van der Waals surface area contributed by atoms with Crippen molar-refractivity contribution in [3.63, 3.8) is 0 Å². The van der Waals surface area contributed by atoms with Crippen LogP contribution in [0.25, 0.3) is 60.1 Å². The van der Waals surface area contributed by atoms with Gasteiger partial charge in [-0.3, -0.25) is 24.0 Å². The SMILES string of the molecule is C=C(CNC(=O)COC)c1c[nH]c2ccc(O)cc12.COCC(=O)NCCc1c(C)[nH]c2ccc(O)cc12.COCC(=O)NCCc1c(C)[nH]c2ccc(O)cc12.COCC(=O)NCCc1c(C)n(C)c2ccc(O)cc12.COCC(=O)NCCc1c[nH]c2ccc(CO)cc12. The van der Waals surface area contributed by atoms with Crippen LogP contribution in [0.2, 0.25) is 0 Å². The number of aromatic nitrogens is 5. The Morgan fingerprint density at radius 1 is 0.458 bits per heavy atom. The summed E-state index contributed by atoms with van der Waals surface area (Å²) in [4.78, 5) is 69.3. The van der Waals surface area contributed by atoms with E-state index in [4.69, 9.17) is 28.8 Å². The summed E-state index contributed by atoms with van der Waals surface area (Å²) in [7, 11) is 9.45. The number of aromatic hydroxyl groups is 4. The fourth-order valence-corrected chi connectivity index (χ4v) is 10.8. The summed E-state index contributed by atoms with van der Waals surface area (Å²) in [5.41, 5.74) is 15.3. The number of phenolic OH excluding ortho intramolecular Hbond substituents is 4. The van der Waals surface area contributed by atoms with E-state index in [1.165, 1.54) is 35.5 Å². The molecule has 14 N–H and O–H groups in total. The van der Waals surface area contributed by atoms with E-state index in [0.29, 0.717) is 45.6 Å². The number of amides is 5. The molecule has 10 rings (SSSR count). The van der Waals surface area contributed by atoms with Gasteiger partial charge in [-0.2, -0.15) is 0 Å².